The van der Waals surface area contributed by atoms with Crippen LogP contribution < -0.4 is 0 Å². The quantitative estimate of drug-likeness (QED) is 0.730. The fraction of sp³-hybridized carbons (Fsp3) is 0.500. The second-order valence-corrected chi connectivity index (χ2v) is 11.1. The van der Waals surface area contributed by atoms with Crippen LogP contribution in [0.1, 0.15) is 44.1 Å². The lowest BCUT2D eigenvalue weighted by Gasteiger charge is -2.38. The van der Waals surface area contributed by atoms with Gasteiger partial charge in [-0.05, 0) is 18.4 Å². The number of hydrogen-bond donors (Lipinski definition) is 0. The molecule has 7 nitrogen and oxygen atoms in total. The molecule has 2 rings (SSSR count). The zero-order valence-corrected chi connectivity index (χ0v) is 16.6. The van der Waals surface area contributed by atoms with Crippen LogP contribution in [0.3, 0.4) is 0 Å². The average molecular weight is 408 g/mol. The summed E-state index contributed by atoms with van der Waals surface area (Å²) in [4.78, 5) is 0. The molecule has 0 amide bonds. The maximum atomic E-state index is 12.9. The van der Waals surface area contributed by atoms with E-state index in [9.17, 15) is 16.8 Å². The Labute approximate surface area is 160 Å². The minimum Gasteiger partial charge on any atom is -0.227 e. The summed E-state index contributed by atoms with van der Waals surface area (Å²) >= 11 is 0. The molecule has 1 saturated heterocycles. The van der Waals surface area contributed by atoms with Crippen LogP contribution in [0, 0.1) is 34.0 Å². The zero-order valence-electron chi connectivity index (χ0n) is 15.0. The summed E-state index contributed by atoms with van der Waals surface area (Å²) in [6.07, 6.45) is -0.922. The zero-order chi connectivity index (χ0) is 20.6. The third kappa shape index (κ3) is 4.86. The highest BCUT2D eigenvalue weighted by Gasteiger charge is 2.58. The van der Waals surface area contributed by atoms with Crippen LogP contribution in [0.5, 0.6) is 0 Å². The highest BCUT2D eigenvalue weighted by atomic mass is 32.3. The second-order valence-electron chi connectivity index (χ2n) is 6.12. The van der Waals surface area contributed by atoms with Gasteiger partial charge in [0.25, 0.3) is 0 Å². The van der Waals surface area contributed by atoms with Crippen LogP contribution in [0.4, 0.5) is 0 Å². The van der Waals surface area contributed by atoms with Crippen molar-refractivity contribution in [3.8, 4) is 18.2 Å². The van der Waals surface area contributed by atoms with E-state index in [1.807, 2.05) is 12.1 Å². The minimum atomic E-state index is -4.02. The first kappa shape index (κ1) is 22.6. The molecule has 1 fully saturated rings. The number of benzene rings is 1. The minimum absolute atomic E-state index is 0.181. The molecule has 0 aromatic heterocycles. The summed E-state index contributed by atoms with van der Waals surface area (Å²) in [5.74, 6) is -1.20. The molecule has 144 valence electrons. The maximum Gasteiger partial charge on any atom is 0.175 e. The van der Waals surface area contributed by atoms with Gasteiger partial charge in [-0.15, -0.1) is 0 Å². The normalized spacial score (nSPS) is 19.3. The molecule has 9 heteroatoms. The average Bonchev–Trinajstić information content (AvgIpc) is 2.61. The summed E-state index contributed by atoms with van der Waals surface area (Å²) in [5, 5.41) is 24.9. The number of rotatable bonds is 5. The SMILES string of the molecule is CC#N.N#CCCC1(CCC#N)S(=O)(=O)CC(c2ccccc2)CS1(=O)=O. The van der Waals surface area contributed by atoms with E-state index >= 15 is 0 Å². The van der Waals surface area contributed by atoms with Crippen LogP contribution in [-0.4, -0.2) is 32.4 Å². The van der Waals surface area contributed by atoms with E-state index in [4.69, 9.17) is 15.8 Å². The van der Waals surface area contributed by atoms with E-state index < -0.39 is 29.7 Å². The Morgan fingerprint density at radius 3 is 1.70 bits per heavy atom. The fourth-order valence-electron chi connectivity index (χ4n) is 3.23. The lowest BCUT2D eigenvalue weighted by molar-refractivity contribution is 0.496. The van der Waals surface area contributed by atoms with Crippen LogP contribution in [0.15, 0.2) is 30.3 Å². The highest BCUT2D eigenvalue weighted by Crippen LogP contribution is 2.43. The molecule has 1 aliphatic rings. The molecular formula is C18H21N3O4S2. The van der Waals surface area contributed by atoms with E-state index in [-0.39, 0.29) is 37.2 Å². The first-order chi connectivity index (χ1) is 12.7. The Morgan fingerprint density at radius 1 is 0.926 bits per heavy atom. The van der Waals surface area contributed by atoms with Crippen LogP contribution in [0.25, 0.3) is 0 Å². The van der Waals surface area contributed by atoms with Gasteiger partial charge in [0, 0.05) is 25.7 Å². The number of sulfone groups is 2. The molecule has 0 saturated carbocycles. The Morgan fingerprint density at radius 2 is 1.33 bits per heavy atom. The summed E-state index contributed by atoms with van der Waals surface area (Å²) in [6, 6.07) is 14.1. The van der Waals surface area contributed by atoms with Crippen molar-refractivity contribution in [2.45, 2.75) is 42.6 Å². The fourth-order valence-corrected chi connectivity index (χ4v) is 9.28. The molecule has 0 bridgehead atoms. The van der Waals surface area contributed by atoms with Gasteiger partial charge in [0.2, 0.25) is 0 Å². The largest absolute Gasteiger partial charge is 0.227 e. The van der Waals surface area contributed by atoms with Gasteiger partial charge in [0.1, 0.15) is 0 Å². The molecule has 0 N–H and O–H groups in total. The summed E-state index contributed by atoms with van der Waals surface area (Å²) in [7, 11) is -8.05. The van der Waals surface area contributed by atoms with Crippen molar-refractivity contribution in [3.05, 3.63) is 35.9 Å². The summed E-state index contributed by atoms with van der Waals surface area (Å²) in [6.45, 7) is 1.43. The van der Waals surface area contributed by atoms with Crippen LogP contribution in [0.2, 0.25) is 0 Å². The molecule has 0 radical (unpaired) electrons. The van der Waals surface area contributed by atoms with Gasteiger partial charge in [-0.1, -0.05) is 30.3 Å². The van der Waals surface area contributed by atoms with Gasteiger partial charge in [0.15, 0.2) is 23.8 Å². The van der Waals surface area contributed by atoms with E-state index in [0.717, 1.165) is 0 Å². The number of hydrogen-bond acceptors (Lipinski definition) is 7. The summed E-state index contributed by atoms with van der Waals surface area (Å²) < 4.78 is 49.7. The van der Waals surface area contributed by atoms with Gasteiger partial charge in [-0.25, -0.2) is 16.8 Å². The van der Waals surface area contributed by atoms with Crippen molar-refractivity contribution < 1.29 is 16.8 Å². The molecule has 27 heavy (non-hydrogen) atoms. The number of nitriles is 3. The lowest BCUT2D eigenvalue weighted by atomic mass is 10.0. The van der Waals surface area contributed by atoms with E-state index in [1.165, 1.54) is 6.92 Å². The van der Waals surface area contributed by atoms with Crippen molar-refractivity contribution in [1.29, 1.82) is 15.8 Å². The van der Waals surface area contributed by atoms with Crippen molar-refractivity contribution in [2.75, 3.05) is 11.5 Å². The van der Waals surface area contributed by atoms with Crippen LogP contribution >= 0.6 is 0 Å². The van der Waals surface area contributed by atoms with Gasteiger partial charge in [0.05, 0.1) is 29.7 Å². The van der Waals surface area contributed by atoms with Crippen molar-refractivity contribution in [3.63, 3.8) is 0 Å². The Balaban J connectivity index is 0.00000114. The second kappa shape index (κ2) is 9.50. The third-order valence-corrected chi connectivity index (χ3v) is 10.8. The molecule has 1 aromatic carbocycles. The molecule has 0 aliphatic carbocycles. The first-order valence-corrected chi connectivity index (χ1v) is 11.6. The van der Waals surface area contributed by atoms with Crippen molar-refractivity contribution in [1.82, 2.24) is 0 Å². The van der Waals surface area contributed by atoms with E-state index in [1.54, 1.807) is 36.4 Å². The smallest absolute Gasteiger partial charge is 0.175 e. The highest BCUT2D eigenvalue weighted by molar-refractivity contribution is 8.11. The van der Waals surface area contributed by atoms with E-state index in [0.29, 0.717) is 5.56 Å². The van der Waals surface area contributed by atoms with Gasteiger partial charge in [-0.2, -0.15) is 15.8 Å². The van der Waals surface area contributed by atoms with Crippen LogP contribution in [-0.2, 0) is 19.7 Å². The molecule has 0 unspecified atom stereocenters. The summed E-state index contributed by atoms with van der Waals surface area (Å²) in [5.41, 5.74) is 0.666. The monoisotopic (exact) mass is 407 g/mol. The molecule has 1 aromatic rings. The maximum absolute atomic E-state index is 12.9. The first-order valence-electron chi connectivity index (χ1n) is 8.25. The predicted molar refractivity (Wildman–Crippen MR) is 100 cm³/mol. The van der Waals surface area contributed by atoms with E-state index in [2.05, 4.69) is 0 Å². The molecule has 0 atom stereocenters. The Bertz CT molecular complexity index is 910. The van der Waals surface area contributed by atoms with Crippen molar-refractivity contribution >= 4 is 19.7 Å². The Kier molecular flexibility index (Phi) is 7.97. The van der Waals surface area contributed by atoms with Gasteiger partial charge >= 0.3 is 0 Å². The third-order valence-electron chi connectivity index (χ3n) is 4.48. The molecule has 1 heterocycles. The lowest BCUT2D eigenvalue weighted by Crippen LogP contribution is -2.54. The van der Waals surface area contributed by atoms with Gasteiger partial charge < -0.3 is 0 Å². The molecule has 0 spiro atoms. The predicted octanol–water partition coefficient (Wildman–Crippen LogP) is 2.45. The molecular weight excluding hydrogens is 386 g/mol. The standard InChI is InChI=1S/C16H18N2O4S2.C2H3N/c17-10-4-8-16(9-5-11-18)23(19,20)12-15(13-24(16,21)22)14-6-2-1-3-7-14;1-2-3/h1-3,6-7,15H,4-5,8-9,12-13H2;1H3. The topological polar surface area (TPSA) is 140 Å². The van der Waals surface area contributed by atoms with Crippen molar-refractivity contribution in [2.24, 2.45) is 0 Å². The van der Waals surface area contributed by atoms with Gasteiger partial charge in [-0.3, -0.25) is 0 Å². The Hall–Kier alpha value is -2.41. The number of nitrogens with zero attached hydrogens (tertiary/aromatic N) is 3. The molecule has 1 aliphatic heterocycles.